The second-order valence-corrected chi connectivity index (χ2v) is 4.37. The highest BCUT2D eigenvalue weighted by Gasteiger charge is 2.32. The Balaban J connectivity index is 2.30. The van der Waals surface area contributed by atoms with E-state index in [1.807, 2.05) is 6.92 Å². The minimum Gasteiger partial charge on any atom is -0.443 e. The lowest BCUT2D eigenvalue weighted by molar-refractivity contribution is 0.152. The van der Waals surface area contributed by atoms with Gasteiger partial charge < -0.3 is 4.74 Å². The van der Waals surface area contributed by atoms with Gasteiger partial charge in [-0.3, -0.25) is 4.90 Å². The number of benzene rings is 1. The molecule has 16 heavy (non-hydrogen) atoms. The molecule has 1 unspecified atom stereocenters. The van der Waals surface area contributed by atoms with E-state index in [1.54, 1.807) is 12.1 Å². The van der Waals surface area contributed by atoms with Crippen molar-refractivity contribution in [3.63, 3.8) is 0 Å². The maximum absolute atomic E-state index is 13.6. The van der Waals surface area contributed by atoms with E-state index >= 15 is 0 Å². The highest BCUT2D eigenvalue weighted by atomic mass is 79.9. The fourth-order valence-corrected chi connectivity index (χ4v) is 1.97. The van der Waals surface area contributed by atoms with Crippen molar-refractivity contribution in [2.75, 3.05) is 16.8 Å². The third-order valence-electron chi connectivity index (χ3n) is 2.44. The van der Waals surface area contributed by atoms with Gasteiger partial charge in [-0.15, -0.1) is 0 Å². The Hall–Kier alpha value is -1.10. The average molecular weight is 288 g/mol. The SMILES string of the molecule is Cc1ccc(F)c(N2CC(CBr)OC2=O)c1. The normalized spacial score (nSPS) is 20.1. The van der Waals surface area contributed by atoms with Gasteiger partial charge in [-0.2, -0.15) is 0 Å². The zero-order valence-electron chi connectivity index (χ0n) is 8.74. The second-order valence-electron chi connectivity index (χ2n) is 3.73. The standard InChI is InChI=1S/C11H11BrFNO2/c1-7-2-3-9(13)10(4-7)14-6-8(5-12)16-11(14)15/h2-4,8H,5-6H2,1H3. The Labute approximate surface area is 101 Å². The number of hydrogen-bond acceptors (Lipinski definition) is 2. The summed E-state index contributed by atoms with van der Waals surface area (Å²) in [6.07, 6.45) is -0.707. The number of nitrogens with zero attached hydrogens (tertiary/aromatic N) is 1. The van der Waals surface area contributed by atoms with Crippen LogP contribution in [0.3, 0.4) is 0 Å². The molecule has 0 aliphatic carbocycles. The first-order valence-electron chi connectivity index (χ1n) is 4.92. The third kappa shape index (κ3) is 2.04. The molecule has 1 aromatic carbocycles. The first-order valence-corrected chi connectivity index (χ1v) is 6.04. The third-order valence-corrected chi connectivity index (χ3v) is 3.16. The van der Waals surface area contributed by atoms with Crippen molar-refractivity contribution in [1.29, 1.82) is 0 Å². The molecule has 5 heteroatoms. The molecule has 1 atom stereocenters. The Morgan fingerprint density at radius 3 is 3.00 bits per heavy atom. The smallest absolute Gasteiger partial charge is 0.414 e. The van der Waals surface area contributed by atoms with E-state index in [4.69, 9.17) is 4.74 Å². The van der Waals surface area contributed by atoms with Crippen LogP contribution in [0.15, 0.2) is 18.2 Å². The maximum Gasteiger partial charge on any atom is 0.414 e. The van der Waals surface area contributed by atoms with E-state index in [-0.39, 0.29) is 11.8 Å². The van der Waals surface area contributed by atoms with Crippen LogP contribution < -0.4 is 4.90 Å². The van der Waals surface area contributed by atoms with Crippen LogP contribution in [0.2, 0.25) is 0 Å². The molecule has 1 aromatic rings. The Kier molecular flexibility index (Phi) is 3.14. The molecule has 1 aliphatic heterocycles. The van der Waals surface area contributed by atoms with Crippen molar-refractivity contribution in [1.82, 2.24) is 0 Å². The van der Waals surface area contributed by atoms with Crippen molar-refractivity contribution < 1.29 is 13.9 Å². The first kappa shape index (κ1) is 11.4. The van der Waals surface area contributed by atoms with Crippen LogP contribution in [-0.2, 0) is 4.74 Å². The Bertz CT molecular complexity index is 424. The highest BCUT2D eigenvalue weighted by Crippen LogP contribution is 2.26. The molecule has 0 aromatic heterocycles. The van der Waals surface area contributed by atoms with E-state index in [2.05, 4.69) is 15.9 Å². The molecule has 1 heterocycles. The van der Waals surface area contributed by atoms with Crippen LogP contribution in [0.25, 0.3) is 0 Å². The predicted octanol–water partition coefficient (Wildman–Crippen LogP) is 2.85. The summed E-state index contributed by atoms with van der Waals surface area (Å²) in [7, 11) is 0. The van der Waals surface area contributed by atoms with E-state index in [9.17, 15) is 9.18 Å². The average Bonchev–Trinajstić information content (AvgIpc) is 2.63. The molecule has 1 fully saturated rings. The van der Waals surface area contributed by atoms with Gasteiger partial charge in [0.2, 0.25) is 0 Å². The van der Waals surface area contributed by atoms with Gasteiger partial charge in [0.05, 0.1) is 12.2 Å². The Morgan fingerprint density at radius 1 is 1.62 bits per heavy atom. The largest absolute Gasteiger partial charge is 0.443 e. The van der Waals surface area contributed by atoms with Crippen LogP contribution in [0.5, 0.6) is 0 Å². The predicted molar refractivity (Wildman–Crippen MR) is 62.5 cm³/mol. The number of halogens is 2. The van der Waals surface area contributed by atoms with Crippen LogP contribution in [0.1, 0.15) is 5.56 Å². The molecule has 0 N–H and O–H groups in total. The van der Waals surface area contributed by atoms with Crippen molar-refractivity contribution in [3.8, 4) is 0 Å². The summed E-state index contributed by atoms with van der Waals surface area (Å²) < 4.78 is 18.6. The molecular formula is C11H11BrFNO2. The highest BCUT2D eigenvalue weighted by molar-refractivity contribution is 9.09. The van der Waals surface area contributed by atoms with Gasteiger partial charge >= 0.3 is 6.09 Å². The van der Waals surface area contributed by atoms with Crippen LogP contribution in [0.4, 0.5) is 14.9 Å². The van der Waals surface area contributed by atoms with E-state index in [0.29, 0.717) is 11.9 Å². The zero-order chi connectivity index (χ0) is 11.7. The second kappa shape index (κ2) is 4.41. The molecular weight excluding hydrogens is 277 g/mol. The summed E-state index contributed by atoms with van der Waals surface area (Å²) >= 11 is 3.24. The number of amides is 1. The first-order chi connectivity index (χ1) is 7.61. The lowest BCUT2D eigenvalue weighted by Crippen LogP contribution is -2.25. The number of carbonyl (C=O) groups excluding carboxylic acids is 1. The number of alkyl halides is 1. The molecule has 0 spiro atoms. The van der Waals surface area contributed by atoms with E-state index < -0.39 is 11.9 Å². The lowest BCUT2D eigenvalue weighted by atomic mass is 10.2. The van der Waals surface area contributed by atoms with Gasteiger partial charge in [0.25, 0.3) is 0 Å². The van der Waals surface area contributed by atoms with Crippen LogP contribution in [0, 0.1) is 12.7 Å². The summed E-state index contributed by atoms with van der Waals surface area (Å²) in [5.41, 5.74) is 1.19. The summed E-state index contributed by atoms with van der Waals surface area (Å²) in [5, 5.41) is 0.558. The van der Waals surface area contributed by atoms with Gasteiger partial charge in [-0.1, -0.05) is 22.0 Å². The van der Waals surface area contributed by atoms with E-state index in [0.717, 1.165) is 5.56 Å². The molecule has 1 amide bonds. The van der Waals surface area contributed by atoms with Crippen molar-refractivity contribution in [2.24, 2.45) is 0 Å². The molecule has 86 valence electrons. The lowest BCUT2D eigenvalue weighted by Gasteiger charge is -2.14. The molecule has 0 bridgehead atoms. The van der Waals surface area contributed by atoms with Gasteiger partial charge in [0, 0.05) is 5.33 Å². The Morgan fingerprint density at radius 2 is 2.38 bits per heavy atom. The number of anilines is 1. The van der Waals surface area contributed by atoms with E-state index in [1.165, 1.54) is 11.0 Å². The minimum atomic E-state index is -0.492. The number of ether oxygens (including phenoxy) is 1. The number of carbonyl (C=O) groups is 1. The number of hydrogen-bond donors (Lipinski definition) is 0. The molecule has 0 radical (unpaired) electrons. The van der Waals surface area contributed by atoms with Crippen molar-refractivity contribution >= 4 is 27.7 Å². The van der Waals surface area contributed by atoms with Crippen molar-refractivity contribution in [3.05, 3.63) is 29.6 Å². The summed E-state index contributed by atoms with van der Waals surface area (Å²) in [5.74, 6) is -0.405. The fraction of sp³-hybridized carbons (Fsp3) is 0.364. The van der Waals surface area contributed by atoms with Crippen LogP contribution in [-0.4, -0.2) is 24.1 Å². The van der Waals surface area contributed by atoms with Gasteiger partial charge in [-0.05, 0) is 24.6 Å². The number of rotatable bonds is 2. The van der Waals surface area contributed by atoms with Crippen molar-refractivity contribution in [2.45, 2.75) is 13.0 Å². The fourth-order valence-electron chi connectivity index (χ4n) is 1.63. The molecule has 1 saturated heterocycles. The maximum atomic E-state index is 13.6. The van der Waals surface area contributed by atoms with Gasteiger partial charge in [0.15, 0.2) is 0 Å². The topological polar surface area (TPSA) is 29.5 Å². The zero-order valence-corrected chi connectivity index (χ0v) is 10.3. The summed E-state index contributed by atoms with van der Waals surface area (Å²) in [4.78, 5) is 12.9. The van der Waals surface area contributed by atoms with Gasteiger partial charge in [-0.25, -0.2) is 9.18 Å². The molecule has 1 aliphatic rings. The quantitative estimate of drug-likeness (QED) is 0.783. The summed E-state index contributed by atoms with van der Waals surface area (Å²) in [6, 6.07) is 4.68. The van der Waals surface area contributed by atoms with Crippen LogP contribution >= 0.6 is 15.9 Å². The monoisotopic (exact) mass is 287 g/mol. The minimum absolute atomic E-state index is 0.215. The molecule has 3 nitrogen and oxygen atoms in total. The number of aryl methyl sites for hydroxylation is 1. The summed E-state index contributed by atoms with van der Waals surface area (Å²) in [6.45, 7) is 2.23. The molecule has 2 rings (SSSR count). The van der Waals surface area contributed by atoms with Gasteiger partial charge in [0.1, 0.15) is 11.9 Å². The molecule has 0 saturated carbocycles. The number of cyclic esters (lactones) is 1.